The number of pyridine rings is 1. The summed E-state index contributed by atoms with van der Waals surface area (Å²) in [5.74, 6) is -5.14. The van der Waals surface area contributed by atoms with E-state index in [9.17, 15) is 18.0 Å². The van der Waals surface area contributed by atoms with Gasteiger partial charge in [0.15, 0.2) is 17.5 Å². The molecule has 0 bridgehead atoms. The van der Waals surface area contributed by atoms with Crippen LogP contribution < -0.4 is 10.2 Å². The molecular weight excluding hydrogens is 379 g/mol. The predicted molar refractivity (Wildman–Crippen MR) is 106 cm³/mol. The van der Waals surface area contributed by atoms with Gasteiger partial charge in [-0.2, -0.15) is 0 Å². The fourth-order valence-electron chi connectivity index (χ4n) is 2.85. The van der Waals surface area contributed by atoms with Crippen molar-refractivity contribution in [2.75, 3.05) is 10.2 Å². The van der Waals surface area contributed by atoms with Gasteiger partial charge >= 0.3 is 0 Å². The van der Waals surface area contributed by atoms with Crippen molar-refractivity contribution < 1.29 is 18.0 Å². The first kappa shape index (κ1) is 20.4. The number of anilines is 2. The summed E-state index contributed by atoms with van der Waals surface area (Å²) in [6.45, 7) is 4.77. The van der Waals surface area contributed by atoms with Gasteiger partial charge in [-0.3, -0.25) is 4.79 Å². The minimum absolute atomic E-state index is 0.0290. The van der Waals surface area contributed by atoms with Crippen LogP contribution in [0.2, 0.25) is 0 Å². The summed E-state index contributed by atoms with van der Waals surface area (Å²) in [5.41, 5.74) is 1.53. The molecule has 0 aliphatic rings. The van der Waals surface area contributed by atoms with Crippen molar-refractivity contribution in [1.82, 2.24) is 4.98 Å². The summed E-state index contributed by atoms with van der Waals surface area (Å²) >= 11 is 0. The van der Waals surface area contributed by atoms with Crippen LogP contribution in [0.5, 0.6) is 0 Å². The number of amides is 1. The third-order valence-electron chi connectivity index (χ3n) is 4.41. The van der Waals surface area contributed by atoms with Gasteiger partial charge in [0, 0.05) is 12.6 Å². The summed E-state index contributed by atoms with van der Waals surface area (Å²) in [5, 5.41) is 2.21. The van der Waals surface area contributed by atoms with Crippen LogP contribution in [0.3, 0.4) is 0 Å². The smallest absolute Gasteiger partial charge is 0.274 e. The van der Waals surface area contributed by atoms with E-state index in [1.54, 1.807) is 12.3 Å². The van der Waals surface area contributed by atoms with Crippen molar-refractivity contribution in [1.29, 1.82) is 0 Å². The fraction of sp³-hybridized carbons (Fsp3) is 0.182. The molecule has 0 saturated heterocycles. The predicted octanol–water partition coefficient (Wildman–Crippen LogP) is 5.17. The summed E-state index contributed by atoms with van der Waals surface area (Å²) < 4.78 is 40.1. The van der Waals surface area contributed by atoms with Gasteiger partial charge in [0.1, 0.15) is 5.69 Å². The normalized spacial score (nSPS) is 10.8. The van der Waals surface area contributed by atoms with E-state index in [1.807, 2.05) is 30.3 Å². The van der Waals surface area contributed by atoms with Gasteiger partial charge in [-0.05, 0) is 43.7 Å². The van der Waals surface area contributed by atoms with Gasteiger partial charge in [0.2, 0.25) is 0 Å². The van der Waals surface area contributed by atoms with Crippen molar-refractivity contribution in [2.45, 2.75) is 26.4 Å². The van der Waals surface area contributed by atoms with Gasteiger partial charge < -0.3 is 10.2 Å². The number of carbonyl (C=O) groups excluding carboxylic acids is 1. The number of halogens is 3. The molecule has 0 unspecified atom stereocenters. The van der Waals surface area contributed by atoms with Crippen molar-refractivity contribution >= 4 is 17.3 Å². The molecule has 150 valence electrons. The molecule has 0 saturated carbocycles. The third-order valence-corrected chi connectivity index (χ3v) is 4.41. The standard InChI is InChI=1S/C22H20F3N3O/c1-14(2)28(13-15-6-4-3-5-7-15)16-8-10-19(26-12-16)22(29)27-18-11-9-17(23)20(24)21(18)25/h3-12,14H,13H2,1-2H3,(H,27,29). The van der Waals surface area contributed by atoms with Crippen LogP contribution in [-0.4, -0.2) is 16.9 Å². The Morgan fingerprint density at radius 1 is 1.00 bits per heavy atom. The molecule has 29 heavy (non-hydrogen) atoms. The highest BCUT2D eigenvalue weighted by atomic mass is 19.2. The summed E-state index contributed by atoms with van der Waals surface area (Å²) in [4.78, 5) is 18.6. The summed E-state index contributed by atoms with van der Waals surface area (Å²) in [6, 6.07) is 15.1. The van der Waals surface area contributed by atoms with E-state index in [0.29, 0.717) is 6.54 Å². The molecule has 0 aliphatic heterocycles. The van der Waals surface area contributed by atoms with E-state index in [1.165, 1.54) is 6.07 Å². The number of rotatable bonds is 6. The van der Waals surface area contributed by atoms with Gasteiger partial charge in [-0.1, -0.05) is 30.3 Å². The summed E-state index contributed by atoms with van der Waals surface area (Å²) in [7, 11) is 0. The lowest BCUT2D eigenvalue weighted by Gasteiger charge is -2.29. The zero-order chi connectivity index (χ0) is 21.0. The lowest BCUT2D eigenvalue weighted by Crippen LogP contribution is -2.30. The maximum atomic E-state index is 13.7. The zero-order valence-electron chi connectivity index (χ0n) is 16.0. The molecule has 4 nitrogen and oxygen atoms in total. The van der Waals surface area contributed by atoms with Gasteiger partial charge in [0.05, 0.1) is 17.6 Å². The van der Waals surface area contributed by atoms with E-state index < -0.39 is 29.0 Å². The first-order valence-electron chi connectivity index (χ1n) is 9.08. The monoisotopic (exact) mass is 399 g/mol. The molecule has 0 fully saturated rings. The molecular formula is C22H20F3N3O. The van der Waals surface area contributed by atoms with Crippen LogP contribution in [-0.2, 0) is 6.54 Å². The van der Waals surface area contributed by atoms with Crippen LogP contribution in [0.15, 0.2) is 60.8 Å². The van der Waals surface area contributed by atoms with Crippen molar-refractivity contribution in [3.8, 4) is 0 Å². The second-order valence-electron chi connectivity index (χ2n) is 6.79. The minimum atomic E-state index is -1.64. The van der Waals surface area contributed by atoms with Gasteiger partial charge in [-0.25, -0.2) is 18.2 Å². The fourth-order valence-corrected chi connectivity index (χ4v) is 2.85. The molecule has 3 rings (SSSR count). The van der Waals surface area contributed by atoms with Crippen molar-refractivity contribution in [3.63, 3.8) is 0 Å². The van der Waals surface area contributed by atoms with Crippen LogP contribution in [0.25, 0.3) is 0 Å². The lowest BCUT2D eigenvalue weighted by molar-refractivity contribution is 0.102. The third kappa shape index (κ3) is 4.74. The second kappa shape index (κ2) is 8.77. The Balaban J connectivity index is 1.76. The molecule has 0 radical (unpaired) electrons. The molecule has 1 heterocycles. The average Bonchev–Trinajstić information content (AvgIpc) is 2.73. The van der Waals surface area contributed by atoms with E-state index in [4.69, 9.17) is 0 Å². The molecule has 2 aromatic carbocycles. The highest BCUT2D eigenvalue weighted by Gasteiger charge is 2.17. The Morgan fingerprint density at radius 2 is 1.72 bits per heavy atom. The van der Waals surface area contributed by atoms with Crippen LogP contribution >= 0.6 is 0 Å². The molecule has 0 spiro atoms. The molecule has 1 N–H and O–H groups in total. The highest BCUT2D eigenvalue weighted by molar-refractivity contribution is 6.03. The number of benzene rings is 2. The number of nitrogens with one attached hydrogen (secondary N) is 1. The van der Waals surface area contributed by atoms with Crippen molar-refractivity contribution in [3.05, 3.63) is 89.5 Å². The number of hydrogen-bond donors (Lipinski definition) is 1. The Bertz CT molecular complexity index is 992. The van der Waals surface area contributed by atoms with Crippen LogP contribution in [0.4, 0.5) is 24.5 Å². The van der Waals surface area contributed by atoms with E-state index in [0.717, 1.165) is 23.4 Å². The minimum Gasteiger partial charge on any atom is -0.364 e. The first-order valence-corrected chi connectivity index (χ1v) is 9.08. The average molecular weight is 399 g/mol. The number of aromatic nitrogens is 1. The number of nitrogens with zero attached hydrogens (tertiary/aromatic N) is 2. The Labute approximate surface area is 167 Å². The highest BCUT2D eigenvalue weighted by Crippen LogP contribution is 2.22. The summed E-state index contributed by atoms with van der Waals surface area (Å²) in [6.07, 6.45) is 1.56. The van der Waals surface area contributed by atoms with Gasteiger partial charge in [0.25, 0.3) is 5.91 Å². The quantitative estimate of drug-likeness (QED) is 0.582. The second-order valence-corrected chi connectivity index (χ2v) is 6.79. The molecule has 1 aromatic heterocycles. The number of carbonyl (C=O) groups is 1. The van der Waals surface area contributed by atoms with Crippen molar-refractivity contribution in [2.24, 2.45) is 0 Å². The molecule has 0 aliphatic carbocycles. The molecule has 7 heteroatoms. The zero-order valence-corrected chi connectivity index (χ0v) is 16.0. The van der Waals surface area contributed by atoms with Crippen LogP contribution in [0.1, 0.15) is 29.9 Å². The molecule has 0 atom stereocenters. The molecule has 1 amide bonds. The Morgan fingerprint density at radius 3 is 2.34 bits per heavy atom. The van der Waals surface area contributed by atoms with E-state index in [2.05, 4.69) is 29.0 Å². The van der Waals surface area contributed by atoms with E-state index in [-0.39, 0.29) is 11.7 Å². The van der Waals surface area contributed by atoms with Crippen LogP contribution in [0, 0.1) is 17.5 Å². The maximum Gasteiger partial charge on any atom is 0.274 e. The Hall–Kier alpha value is -3.35. The SMILES string of the molecule is CC(C)N(Cc1ccccc1)c1ccc(C(=O)Nc2ccc(F)c(F)c2F)nc1. The number of hydrogen-bond acceptors (Lipinski definition) is 3. The maximum absolute atomic E-state index is 13.7. The first-order chi connectivity index (χ1) is 13.9. The lowest BCUT2D eigenvalue weighted by atomic mass is 10.1. The topological polar surface area (TPSA) is 45.2 Å². The largest absolute Gasteiger partial charge is 0.364 e. The molecule has 3 aromatic rings. The Kier molecular flexibility index (Phi) is 6.16. The van der Waals surface area contributed by atoms with Gasteiger partial charge in [-0.15, -0.1) is 0 Å². The van der Waals surface area contributed by atoms with E-state index >= 15 is 0 Å².